The topological polar surface area (TPSA) is 102 Å². The zero-order valence-corrected chi connectivity index (χ0v) is 13.5. The second-order valence-electron chi connectivity index (χ2n) is 4.22. The van der Waals surface area contributed by atoms with Gasteiger partial charge in [-0.05, 0) is 11.6 Å². The van der Waals surface area contributed by atoms with Gasteiger partial charge >= 0.3 is 5.22 Å². The Hall–Kier alpha value is -1.64. The van der Waals surface area contributed by atoms with E-state index in [4.69, 9.17) is 27.6 Å². The van der Waals surface area contributed by atoms with Crippen LogP contribution < -0.4 is 5.32 Å². The van der Waals surface area contributed by atoms with Crippen molar-refractivity contribution in [1.29, 1.82) is 0 Å². The number of hydrogen-bond donors (Lipinski definition) is 1. The average molecular weight is 364 g/mol. The van der Waals surface area contributed by atoms with Crippen LogP contribution >= 0.6 is 23.2 Å². The molecule has 0 aliphatic carbocycles. The predicted octanol–water partition coefficient (Wildman–Crippen LogP) is 1.55. The Morgan fingerprint density at radius 3 is 2.68 bits per heavy atom. The summed E-state index contributed by atoms with van der Waals surface area (Å²) in [5.41, 5.74) is 0.430. The van der Waals surface area contributed by atoms with Crippen LogP contribution in [0.4, 0.5) is 0 Å². The van der Waals surface area contributed by atoms with Gasteiger partial charge in [0.05, 0.1) is 12.3 Å². The maximum Gasteiger partial charge on any atom is 0.335 e. The van der Waals surface area contributed by atoms with Crippen LogP contribution in [0.5, 0.6) is 0 Å². The molecule has 2 rings (SSSR count). The number of rotatable bonds is 6. The first-order valence-electron chi connectivity index (χ1n) is 6.03. The summed E-state index contributed by atoms with van der Waals surface area (Å²) < 4.78 is 29.4. The van der Waals surface area contributed by atoms with Crippen LogP contribution in [-0.4, -0.2) is 30.4 Å². The van der Waals surface area contributed by atoms with Crippen LogP contribution in [-0.2, 0) is 26.9 Å². The lowest BCUT2D eigenvalue weighted by molar-refractivity contribution is -0.118. The third-order valence-corrected chi connectivity index (χ3v) is 4.58. The van der Waals surface area contributed by atoms with Crippen molar-refractivity contribution in [2.75, 3.05) is 5.88 Å². The number of hydrogen-bond acceptors (Lipinski definition) is 6. The molecule has 0 atom stereocenters. The van der Waals surface area contributed by atoms with E-state index in [0.717, 1.165) is 0 Å². The van der Waals surface area contributed by atoms with Crippen LogP contribution in [0.2, 0.25) is 5.02 Å². The monoisotopic (exact) mass is 363 g/mol. The van der Waals surface area contributed by atoms with E-state index in [9.17, 15) is 13.2 Å². The van der Waals surface area contributed by atoms with Crippen molar-refractivity contribution < 1.29 is 17.6 Å². The Labute approximate surface area is 136 Å². The van der Waals surface area contributed by atoms with Gasteiger partial charge in [0.1, 0.15) is 5.88 Å². The fourth-order valence-electron chi connectivity index (χ4n) is 1.54. The van der Waals surface area contributed by atoms with Gasteiger partial charge in [-0.1, -0.05) is 34.9 Å². The molecule has 1 aromatic heterocycles. The molecule has 7 nitrogen and oxygen atoms in total. The quantitative estimate of drug-likeness (QED) is 0.781. The molecule has 22 heavy (non-hydrogen) atoms. The highest BCUT2D eigenvalue weighted by Crippen LogP contribution is 2.21. The summed E-state index contributed by atoms with van der Waals surface area (Å²) >= 11 is 11.2. The van der Waals surface area contributed by atoms with E-state index in [-0.39, 0.29) is 24.1 Å². The molecule has 0 aliphatic heterocycles. The molecule has 0 saturated carbocycles. The summed E-state index contributed by atoms with van der Waals surface area (Å²) in [4.78, 5) is 11.0. The number of benzene rings is 1. The summed E-state index contributed by atoms with van der Waals surface area (Å²) in [5.74, 6) is -1.04. The summed E-state index contributed by atoms with van der Waals surface area (Å²) in [6.45, 7) is -0.0971. The van der Waals surface area contributed by atoms with Crippen LogP contribution in [0.15, 0.2) is 33.9 Å². The Balaban J connectivity index is 2.12. The Kier molecular flexibility index (Phi) is 5.38. The van der Waals surface area contributed by atoms with Crippen LogP contribution in [0.1, 0.15) is 11.5 Å². The second-order valence-corrected chi connectivity index (χ2v) is 6.76. The van der Waals surface area contributed by atoms with Gasteiger partial charge in [-0.25, -0.2) is 8.42 Å². The summed E-state index contributed by atoms with van der Waals surface area (Å²) in [7, 11) is -3.82. The van der Waals surface area contributed by atoms with Crippen molar-refractivity contribution >= 4 is 38.9 Å². The second kappa shape index (κ2) is 7.08. The molecule has 0 fully saturated rings. The van der Waals surface area contributed by atoms with Crippen molar-refractivity contribution in [3.05, 3.63) is 40.7 Å². The molecule has 1 aromatic carbocycles. The normalized spacial score (nSPS) is 11.4. The highest BCUT2D eigenvalue weighted by atomic mass is 35.5. The minimum Gasteiger partial charge on any atom is -0.411 e. The van der Waals surface area contributed by atoms with Crippen molar-refractivity contribution in [3.8, 4) is 0 Å². The van der Waals surface area contributed by atoms with Gasteiger partial charge in [-0.15, -0.1) is 16.7 Å². The lowest BCUT2D eigenvalue weighted by atomic mass is 10.2. The third-order valence-electron chi connectivity index (χ3n) is 2.58. The molecule has 0 spiro atoms. The minimum atomic E-state index is -3.82. The summed E-state index contributed by atoms with van der Waals surface area (Å²) in [6, 6.07) is 6.56. The number of carbonyl (C=O) groups excluding carboxylic acids is 1. The van der Waals surface area contributed by atoms with Crippen LogP contribution in [0.25, 0.3) is 0 Å². The summed E-state index contributed by atoms with van der Waals surface area (Å²) in [6.07, 6.45) is 0. The number of amides is 1. The van der Waals surface area contributed by atoms with Crippen molar-refractivity contribution in [1.82, 2.24) is 15.5 Å². The van der Waals surface area contributed by atoms with E-state index in [0.29, 0.717) is 10.6 Å². The lowest BCUT2D eigenvalue weighted by Gasteiger charge is -2.02. The molecule has 0 bridgehead atoms. The average Bonchev–Trinajstić information content (AvgIpc) is 2.97. The minimum absolute atomic E-state index is 0.0313. The van der Waals surface area contributed by atoms with Crippen molar-refractivity contribution in [3.63, 3.8) is 0 Å². The molecule has 10 heteroatoms. The zero-order valence-electron chi connectivity index (χ0n) is 11.1. The van der Waals surface area contributed by atoms with Gasteiger partial charge in [0, 0.05) is 5.02 Å². The van der Waals surface area contributed by atoms with Gasteiger partial charge in [0.25, 0.3) is 0 Å². The first kappa shape index (κ1) is 16.7. The van der Waals surface area contributed by atoms with Gasteiger partial charge in [-0.3, -0.25) is 4.79 Å². The highest BCUT2D eigenvalue weighted by Gasteiger charge is 2.24. The van der Waals surface area contributed by atoms with E-state index in [2.05, 4.69) is 15.5 Å². The smallest absolute Gasteiger partial charge is 0.335 e. The molecule has 0 saturated heterocycles. The fourth-order valence-corrected chi connectivity index (χ4v) is 3.09. The molecule has 1 amide bonds. The Morgan fingerprint density at radius 2 is 2.00 bits per heavy atom. The number of aromatic nitrogens is 2. The molecule has 1 N–H and O–H groups in total. The number of halogens is 2. The SMILES string of the molecule is O=C(CCl)NCc1nnc(S(=O)(=O)Cc2ccccc2Cl)o1. The molecular formula is C12H11Cl2N3O4S. The number of nitrogens with zero attached hydrogens (tertiary/aromatic N) is 2. The standard InChI is InChI=1S/C12H11Cl2N3O4S/c13-5-10(18)15-6-11-16-17-12(21-11)22(19,20)7-8-3-1-2-4-9(8)14/h1-4H,5-7H2,(H,15,18). The highest BCUT2D eigenvalue weighted by molar-refractivity contribution is 7.90. The van der Waals surface area contributed by atoms with Gasteiger partial charge < -0.3 is 9.73 Å². The summed E-state index contributed by atoms with van der Waals surface area (Å²) in [5, 5.41) is 9.25. The fraction of sp³-hybridized carbons (Fsp3) is 0.250. The lowest BCUT2D eigenvalue weighted by Crippen LogP contribution is -2.23. The van der Waals surface area contributed by atoms with Crippen molar-refractivity contribution in [2.45, 2.75) is 17.5 Å². The Morgan fingerprint density at radius 1 is 1.27 bits per heavy atom. The third kappa shape index (κ3) is 4.19. The van der Waals surface area contributed by atoms with E-state index in [1.165, 1.54) is 0 Å². The van der Waals surface area contributed by atoms with Crippen LogP contribution in [0, 0.1) is 0 Å². The largest absolute Gasteiger partial charge is 0.411 e. The van der Waals surface area contributed by atoms with E-state index in [1.54, 1.807) is 24.3 Å². The van der Waals surface area contributed by atoms with Crippen molar-refractivity contribution in [2.24, 2.45) is 0 Å². The molecule has 0 unspecified atom stereocenters. The maximum absolute atomic E-state index is 12.2. The molecule has 0 aliphatic rings. The number of carbonyl (C=O) groups is 1. The van der Waals surface area contributed by atoms with Gasteiger partial charge in [0.2, 0.25) is 21.6 Å². The van der Waals surface area contributed by atoms with Gasteiger partial charge in [-0.2, -0.15) is 0 Å². The van der Waals surface area contributed by atoms with E-state index in [1.807, 2.05) is 0 Å². The van der Waals surface area contributed by atoms with E-state index >= 15 is 0 Å². The molecular weight excluding hydrogens is 353 g/mol. The first-order valence-corrected chi connectivity index (χ1v) is 8.60. The number of nitrogens with one attached hydrogen (secondary N) is 1. The van der Waals surface area contributed by atoms with E-state index < -0.39 is 21.0 Å². The molecule has 118 valence electrons. The Bertz CT molecular complexity index is 776. The number of sulfone groups is 1. The zero-order chi connectivity index (χ0) is 16.2. The van der Waals surface area contributed by atoms with Gasteiger partial charge in [0.15, 0.2) is 0 Å². The predicted molar refractivity (Wildman–Crippen MR) is 79.2 cm³/mol. The number of alkyl halides is 1. The molecule has 1 heterocycles. The molecule has 0 radical (unpaired) electrons. The van der Waals surface area contributed by atoms with Crippen LogP contribution in [0.3, 0.4) is 0 Å². The maximum atomic E-state index is 12.2. The first-order chi connectivity index (χ1) is 10.4. The molecule has 2 aromatic rings.